The van der Waals surface area contributed by atoms with Crippen molar-refractivity contribution in [2.24, 2.45) is 5.73 Å². The number of rotatable bonds is 8. The van der Waals surface area contributed by atoms with E-state index in [1.165, 1.54) is 0 Å². The summed E-state index contributed by atoms with van der Waals surface area (Å²) >= 11 is 0. The predicted molar refractivity (Wildman–Crippen MR) is 68.2 cm³/mol. The van der Waals surface area contributed by atoms with Crippen molar-refractivity contribution in [3.8, 4) is 0 Å². The Labute approximate surface area is 104 Å². The fraction of sp³-hybridized carbons (Fsp3) is 0.909. The summed E-state index contributed by atoms with van der Waals surface area (Å²) in [5, 5.41) is 14.3. The van der Waals surface area contributed by atoms with E-state index in [4.69, 9.17) is 5.73 Å². The second kappa shape index (κ2) is 8.41. The highest BCUT2D eigenvalue weighted by atomic mass is 16.3. The minimum atomic E-state index is -0.634. The van der Waals surface area contributed by atoms with Gasteiger partial charge in [-0.05, 0) is 20.4 Å². The number of nitrogens with one attached hydrogen (secondary N) is 2. The highest BCUT2D eigenvalue weighted by Crippen LogP contribution is 1.98. The number of aliphatic hydroxyl groups excluding tert-OH is 1. The second-order valence-corrected chi connectivity index (χ2v) is 4.16. The Bertz CT molecular complexity index is 226. The maximum Gasteiger partial charge on any atom is 0.251 e. The lowest BCUT2D eigenvalue weighted by Crippen LogP contribution is -2.53. The molecule has 1 amide bonds. The van der Waals surface area contributed by atoms with Crippen molar-refractivity contribution in [2.45, 2.75) is 45.4 Å². The fourth-order valence-corrected chi connectivity index (χ4v) is 1.27. The smallest absolute Gasteiger partial charge is 0.251 e. The van der Waals surface area contributed by atoms with E-state index >= 15 is 0 Å². The summed E-state index contributed by atoms with van der Waals surface area (Å²) in [5.41, 5.74) is 8.48. The Morgan fingerprint density at radius 2 is 2.06 bits per heavy atom. The molecule has 0 saturated carbocycles. The second-order valence-electron chi connectivity index (χ2n) is 4.16. The van der Waals surface area contributed by atoms with Crippen LogP contribution in [-0.4, -0.2) is 54.3 Å². The molecule has 0 saturated heterocycles. The number of amides is 1. The summed E-state index contributed by atoms with van der Waals surface area (Å²) in [7, 11) is 1.72. The van der Waals surface area contributed by atoms with Crippen molar-refractivity contribution in [1.82, 2.24) is 15.8 Å². The lowest BCUT2D eigenvalue weighted by Gasteiger charge is -2.27. The van der Waals surface area contributed by atoms with Crippen molar-refractivity contribution in [3.05, 3.63) is 0 Å². The van der Waals surface area contributed by atoms with E-state index in [0.29, 0.717) is 19.5 Å². The molecule has 6 heteroatoms. The number of nitrogens with two attached hydrogens (primary N) is 1. The maximum absolute atomic E-state index is 11.6. The first-order valence-electron chi connectivity index (χ1n) is 6.12. The van der Waals surface area contributed by atoms with E-state index in [2.05, 4.69) is 10.7 Å². The Morgan fingerprint density at radius 1 is 1.47 bits per heavy atom. The van der Waals surface area contributed by atoms with Gasteiger partial charge < -0.3 is 16.2 Å². The zero-order valence-corrected chi connectivity index (χ0v) is 11.2. The summed E-state index contributed by atoms with van der Waals surface area (Å²) in [6.07, 6.45) is 0.0738. The van der Waals surface area contributed by atoms with Crippen molar-refractivity contribution >= 4 is 5.91 Å². The van der Waals surface area contributed by atoms with Crippen LogP contribution in [0.2, 0.25) is 0 Å². The maximum atomic E-state index is 11.6. The van der Waals surface area contributed by atoms with E-state index in [9.17, 15) is 9.90 Å². The molecule has 0 aliphatic rings. The van der Waals surface area contributed by atoms with Gasteiger partial charge in [0.25, 0.3) is 5.91 Å². The zero-order valence-electron chi connectivity index (χ0n) is 11.2. The lowest BCUT2D eigenvalue weighted by atomic mass is 10.1. The Kier molecular flexibility index (Phi) is 8.07. The van der Waals surface area contributed by atoms with Gasteiger partial charge in [0.2, 0.25) is 0 Å². The van der Waals surface area contributed by atoms with E-state index in [1.807, 2.05) is 13.8 Å². The highest BCUT2D eigenvalue weighted by molar-refractivity contribution is 5.80. The predicted octanol–water partition coefficient (Wildman–Crippen LogP) is -0.954. The number of carbonyl (C=O) groups is 1. The normalized spacial score (nSPS) is 16.6. The number of aliphatic hydroxyl groups is 1. The standard InChI is InChI=1S/C11H26N4O2/c1-5-9(12)10(16)7-15(6-2)14-11(17)8(3)13-4/h8-10,13,16H,5-7,12H2,1-4H3,(H,14,17)/t8?,9?,10-/m0/s1. The first-order chi connectivity index (χ1) is 7.96. The Hall–Kier alpha value is -0.690. The van der Waals surface area contributed by atoms with E-state index in [1.54, 1.807) is 19.0 Å². The average Bonchev–Trinajstić information content (AvgIpc) is 2.35. The summed E-state index contributed by atoms with van der Waals surface area (Å²) in [6.45, 7) is 6.57. The molecule has 3 atom stereocenters. The molecule has 0 spiro atoms. The summed E-state index contributed by atoms with van der Waals surface area (Å²) in [4.78, 5) is 11.6. The molecule has 6 nitrogen and oxygen atoms in total. The Morgan fingerprint density at radius 3 is 2.47 bits per heavy atom. The van der Waals surface area contributed by atoms with Gasteiger partial charge in [0.15, 0.2) is 0 Å². The topological polar surface area (TPSA) is 90.6 Å². The largest absolute Gasteiger partial charge is 0.390 e. The number of hydrogen-bond donors (Lipinski definition) is 4. The number of likely N-dealkylation sites (N-methyl/N-ethyl adjacent to an activating group) is 2. The van der Waals surface area contributed by atoms with Gasteiger partial charge in [0, 0.05) is 19.1 Å². The minimum absolute atomic E-state index is 0.119. The van der Waals surface area contributed by atoms with Crippen LogP contribution in [-0.2, 0) is 4.79 Å². The van der Waals surface area contributed by atoms with Gasteiger partial charge in [-0.1, -0.05) is 13.8 Å². The zero-order chi connectivity index (χ0) is 13.4. The van der Waals surface area contributed by atoms with Crippen LogP contribution in [0.25, 0.3) is 0 Å². The SMILES string of the molecule is CCC(N)[C@@H](O)CN(CC)NC(=O)C(C)NC. The van der Waals surface area contributed by atoms with Crippen molar-refractivity contribution in [3.63, 3.8) is 0 Å². The Balaban J connectivity index is 4.20. The summed E-state index contributed by atoms with van der Waals surface area (Å²) in [5.74, 6) is -0.119. The minimum Gasteiger partial charge on any atom is -0.390 e. The summed E-state index contributed by atoms with van der Waals surface area (Å²) < 4.78 is 0. The molecule has 0 rings (SSSR count). The highest BCUT2D eigenvalue weighted by Gasteiger charge is 2.19. The average molecular weight is 246 g/mol. The first kappa shape index (κ1) is 16.3. The van der Waals surface area contributed by atoms with Crippen LogP contribution in [0.1, 0.15) is 27.2 Å². The molecule has 0 radical (unpaired) electrons. The fourth-order valence-electron chi connectivity index (χ4n) is 1.27. The van der Waals surface area contributed by atoms with Crippen molar-refractivity contribution in [1.29, 1.82) is 0 Å². The van der Waals surface area contributed by atoms with E-state index in [-0.39, 0.29) is 18.0 Å². The van der Waals surface area contributed by atoms with Crippen LogP contribution in [0.3, 0.4) is 0 Å². The molecule has 0 fully saturated rings. The number of nitrogens with zero attached hydrogens (tertiary/aromatic N) is 1. The lowest BCUT2D eigenvalue weighted by molar-refractivity contribution is -0.128. The third-order valence-electron chi connectivity index (χ3n) is 2.85. The molecule has 0 aromatic rings. The molecule has 0 aliphatic heterocycles. The molecule has 17 heavy (non-hydrogen) atoms. The van der Waals surface area contributed by atoms with E-state index in [0.717, 1.165) is 0 Å². The third kappa shape index (κ3) is 5.97. The quantitative estimate of drug-likeness (QED) is 0.414. The molecule has 5 N–H and O–H groups in total. The number of carbonyl (C=O) groups excluding carboxylic acids is 1. The van der Waals surface area contributed by atoms with Crippen LogP contribution < -0.4 is 16.5 Å². The first-order valence-corrected chi connectivity index (χ1v) is 6.12. The molecule has 0 aromatic heterocycles. The summed E-state index contributed by atoms with van der Waals surface area (Å²) in [6, 6.07) is -0.524. The molecule has 0 aromatic carbocycles. The van der Waals surface area contributed by atoms with Crippen LogP contribution in [0.15, 0.2) is 0 Å². The molecule has 0 bridgehead atoms. The number of hydrazine groups is 1. The van der Waals surface area contributed by atoms with Gasteiger partial charge in [-0.3, -0.25) is 10.2 Å². The monoisotopic (exact) mass is 246 g/mol. The van der Waals surface area contributed by atoms with Crippen molar-refractivity contribution < 1.29 is 9.90 Å². The molecule has 0 aliphatic carbocycles. The van der Waals surface area contributed by atoms with Crippen LogP contribution in [0, 0.1) is 0 Å². The van der Waals surface area contributed by atoms with Crippen LogP contribution in [0.4, 0.5) is 0 Å². The van der Waals surface area contributed by atoms with Gasteiger partial charge in [0.1, 0.15) is 0 Å². The van der Waals surface area contributed by atoms with Gasteiger partial charge in [-0.25, -0.2) is 5.01 Å². The molecular weight excluding hydrogens is 220 g/mol. The van der Waals surface area contributed by atoms with Gasteiger partial charge in [-0.15, -0.1) is 0 Å². The van der Waals surface area contributed by atoms with Gasteiger partial charge in [-0.2, -0.15) is 0 Å². The van der Waals surface area contributed by atoms with Crippen LogP contribution in [0.5, 0.6) is 0 Å². The van der Waals surface area contributed by atoms with Crippen molar-refractivity contribution in [2.75, 3.05) is 20.1 Å². The molecule has 2 unspecified atom stereocenters. The van der Waals surface area contributed by atoms with Gasteiger partial charge >= 0.3 is 0 Å². The molecular formula is C11H26N4O2. The third-order valence-corrected chi connectivity index (χ3v) is 2.85. The van der Waals surface area contributed by atoms with Gasteiger partial charge in [0.05, 0.1) is 12.1 Å². The molecule has 0 heterocycles. The van der Waals surface area contributed by atoms with Crippen LogP contribution >= 0.6 is 0 Å². The van der Waals surface area contributed by atoms with E-state index < -0.39 is 6.10 Å². The number of hydrogen-bond acceptors (Lipinski definition) is 5. The molecule has 102 valence electrons.